The fourth-order valence-corrected chi connectivity index (χ4v) is 2.98. The van der Waals surface area contributed by atoms with Crippen LogP contribution in [0.1, 0.15) is 29.2 Å². The van der Waals surface area contributed by atoms with E-state index in [4.69, 9.17) is 0 Å². The van der Waals surface area contributed by atoms with Crippen molar-refractivity contribution in [3.05, 3.63) is 51.8 Å². The Bertz CT molecular complexity index is 528. The van der Waals surface area contributed by atoms with Crippen molar-refractivity contribution >= 4 is 15.9 Å². The number of benzene rings is 1. The Kier molecular flexibility index (Phi) is 4.77. The lowest BCUT2D eigenvalue weighted by molar-refractivity contribution is 0.548. The molecule has 0 aliphatic rings. The first-order valence-electron chi connectivity index (χ1n) is 6.50. The van der Waals surface area contributed by atoms with Crippen LogP contribution in [0.15, 0.2) is 35.1 Å². The molecule has 0 aliphatic heterocycles. The molecular weight excluding hydrogens is 302 g/mol. The molecule has 1 heterocycles. The maximum Gasteiger partial charge on any atom is 0.0521 e. The Labute approximate surface area is 123 Å². The van der Waals surface area contributed by atoms with Crippen molar-refractivity contribution in [1.82, 2.24) is 15.1 Å². The summed E-state index contributed by atoms with van der Waals surface area (Å²) < 4.78 is 3.00. The molecule has 2 aromatic rings. The zero-order valence-corrected chi connectivity index (χ0v) is 13.2. The molecule has 4 heteroatoms. The number of halogens is 1. The fourth-order valence-electron chi connectivity index (χ4n) is 2.36. The topological polar surface area (TPSA) is 29.9 Å². The van der Waals surface area contributed by atoms with Crippen LogP contribution >= 0.6 is 15.9 Å². The van der Waals surface area contributed by atoms with Crippen LogP contribution in [-0.2, 0) is 13.5 Å². The highest BCUT2D eigenvalue weighted by Crippen LogP contribution is 2.24. The smallest absolute Gasteiger partial charge is 0.0521 e. The van der Waals surface area contributed by atoms with E-state index in [0.29, 0.717) is 6.04 Å². The normalized spacial score (nSPS) is 12.6. The van der Waals surface area contributed by atoms with E-state index in [2.05, 4.69) is 57.7 Å². The molecule has 0 bridgehead atoms. The third-order valence-electron chi connectivity index (χ3n) is 3.30. The van der Waals surface area contributed by atoms with Crippen molar-refractivity contribution in [3.8, 4) is 0 Å². The highest BCUT2D eigenvalue weighted by molar-refractivity contribution is 9.10. The fraction of sp³-hybridized carbons (Fsp3) is 0.400. The minimum absolute atomic E-state index is 0.372. The van der Waals surface area contributed by atoms with Gasteiger partial charge >= 0.3 is 0 Å². The molecule has 1 aromatic heterocycles. The SMILES string of the molecule is CNC(CCc1cnn(C)c1)c1cc(C)cc(Br)c1. The summed E-state index contributed by atoms with van der Waals surface area (Å²) >= 11 is 3.57. The van der Waals surface area contributed by atoms with Crippen LogP contribution in [0.25, 0.3) is 0 Å². The molecule has 1 unspecified atom stereocenters. The number of aromatic nitrogens is 2. The second-order valence-electron chi connectivity index (χ2n) is 4.96. The van der Waals surface area contributed by atoms with Crippen molar-refractivity contribution in [2.24, 2.45) is 7.05 Å². The summed E-state index contributed by atoms with van der Waals surface area (Å²) in [5.74, 6) is 0. The highest BCUT2D eigenvalue weighted by atomic mass is 79.9. The number of nitrogens with one attached hydrogen (secondary N) is 1. The van der Waals surface area contributed by atoms with Gasteiger partial charge < -0.3 is 5.32 Å². The van der Waals surface area contributed by atoms with Crippen molar-refractivity contribution in [2.75, 3.05) is 7.05 Å². The molecule has 0 aliphatic carbocycles. The molecule has 0 fully saturated rings. The van der Waals surface area contributed by atoms with E-state index < -0.39 is 0 Å². The summed E-state index contributed by atoms with van der Waals surface area (Å²) in [5, 5.41) is 7.61. The first-order valence-corrected chi connectivity index (χ1v) is 7.29. The molecular formula is C15H20BrN3. The van der Waals surface area contributed by atoms with Gasteiger partial charge in [0.2, 0.25) is 0 Å². The van der Waals surface area contributed by atoms with E-state index in [1.807, 2.05) is 25.0 Å². The summed E-state index contributed by atoms with van der Waals surface area (Å²) in [7, 11) is 3.97. The number of nitrogens with zero attached hydrogens (tertiary/aromatic N) is 2. The van der Waals surface area contributed by atoms with Gasteiger partial charge in [0.25, 0.3) is 0 Å². The zero-order valence-electron chi connectivity index (χ0n) is 11.7. The average molecular weight is 322 g/mol. The van der Waals surface area contributed by atoms with Crippen molar-refractivity contribution in [1.29, 1.82) is 0 Å². The molecule has 0 spiro atoms. The lowest BCUT2D eigenvalue weighted by Gasteiger charge is -2.17. The van der Waals surface area contributed by atoms with Crippen molar-refractivity contribution < 1.29 is 0 Å². The molecule has 2 rings (SSSR count). The van der Waals surface area contributed by atoms with E-state index in [1.165, 1.54) is 16.7 Å². The first kappa shape index (κ1) is 14.3. The molecule has 0 saturated carbocycles. The Morgan fingerprint density at radius 2 is 2.16 bits per heavy atom. The number of hydrogen-bond acceptors (Lipinski definition) is 2. The lowest BCUT2D eigenvalue weighted by Crippen LogP contribution is -2.17. The van der Waals surface area contributed by atoms with Gasteiger partial charge in [0.05, 0.1) is 6.20 Å². The third-order valence-corrected chi connectivity index (χ3v) is 3.75. The van der Waals surface area contributed by atoms with Gasteiger partial charge in [-0.05, 0) is 55.6 Å². The maximum absolute atomic E-state index is 4.21. The Balaban J connectivity index is 2.07. The predicted octanol–water partition coefficient (Wildman–Crippen LogP) is 3.38. The van der Waals surface area contributed by atoms with Crippen LogP contribution in [0.3, 0.4) is 0 Å². The molecule has 19 heavy (non-hydrogen) atoms. The second-order valence-corrected chi connectivity index (χ2v) is 5.88. The molecule has 1 aromatic carbocycles. The summed E-state index contributed by atoms with van der Waals surface area (Å²) in [6, 6.07) is 6.95. The summed E-state index contributed by atoms with van der Waals surface area (Å²) in [6.45, 7) is 2.13. The number of rotatable bonds is 5. The molecule has 0 amide bonds. The molecule has 102 valence electrons. The van der Waals surface area contributed by atoms with Crippen LogP contribution in [0, 0.1) is 6.92 Å². The Morgan fingerprint density at radius 1 is 1.37 bits per heavy atom. The van der Waals surface area contributed by atoms with Crippen LogP contribution < -0.4 is 5.32 Å². The number of hydrogen-bond donors (Lipinski definition) is 1. The first-order chi connectivity index (χ1) is 9.08. The standard InChI is InChI=1S/C15H20BrN3/c1-11-6-13(8-14(16)7-11)15(17-2)5-4-12-9-18-19(3)10-12/h6-10,15,17H,4-5H2,1-3H3. The third kappa shape index (κ3) is 3.91. The minimum atomic E-state index is 0.372. The molecule has 0 radical (unpaired) electrons. The average Bonchev–Trinajstić information content (AvgIpc) is 2.75. The van der Waals surface area contributed by atoms with Gasteiger partial charge in [-0.1, -0.05) is 22.0 Å². The highest BCUT2D eigenvalue weighted by Gasteiger charge is 2.11. The van der Waals surface area contributed by atoms with Crippen LogP contribution in [0.5, 0.6) is 0 Å². The largest absolute Gasteiger partial charge is 0.313 e. The monoisotopic (exact) mass is 321 g/mol. The second kappa shape index (κ2) is 6.35. The van der Waals surface area contributed by atoms with E-state index in [-0.39, 0.29) is 0 Å². The molecule has 0 saturated heterocycles. The van der Waals surface area contributed by atoms with Crippen LogP contribution in [0.4, 0.5) is 0 Å². The van der Waals surface area contributed by atoms with Gasteiger partial charge in [-0.25, -0.2) is 0 Å². The predicted molar refractivity (Wildman–Crippen MR) is 82.2 cm³/mol. The zero-order chi connectivity index (χ0) is 13.8. The minimum Gasteiger partial charge on any atom is -0.313 e. The maximum atomic E-state index is 4.21. The van der Waals surface area contributed by atoms with Gasteiger partial charge in [-0.3, -0.25) is 4.68 Å². The Morgan fingerprint density at radius 3 is 2.74 bits per heavy atom. The van der Waals surface area contributed by atoms with E-state index in [1.54, 1.807) is 0 Å². The van der Waals surface area contributed by atoms with Gasteiger partial charge in [0.15, 0.2) is 0 Å². The van der Waals surface area contributed by atoms with Crippen LogP contribution in [0.2, 0.25) is 0 Å². The summed E-state index contributed by atoms with van der Waals surface area (Å²) in [6.07, 6.45) is 6.13. The van der Waals surface area contributed by atoms with E-state index in [0.717, 1.165) is 17.3 Å². The van der Waals surface area contributed by atoms with Gasteiger partial charge in [0, 0.05) is 23.8 Å². The van der Waals surface area contributed by atoms with Crippen LogP contribution in [-0.4, -0.2) is 16.8 Å². The summed E-state index contributed by atoms with van der Waals surface area (Å²) in [5.41, 5.74) is 3.90. The number of aryl methyl sites for hydroxylation is 3. The van der Waals surface area contributed by atoms with Crippen molar-refractivity contribution in [3.63, 3.8) is 0 Å². The lowest BCUT2D eigenvalue weighted by atomic mass is 9.99. The van der Waals surface area contributed by atoms with Crippen molar-refractivity contribution in [2.45, 2.75) is 25.8 Å². The van der Waals surface area contributed by atoms with Gasteiger partial charge in [0.1, 0.15) is 0 Å². The molecule has 3 nitrogen and oxygen atoms in total. The Hall–Kier alpha value is -1.13. The van der Waals surface area contributed by atoms with E-state index >= 15 is 0 Å². The quantitative estimate of drug-likeness (QED) is 0.914. The molecule has 1 atom stereocenters. The molecule has 1 N–H and O–H groups in total. The van der Waals surface area contributed by atoms with E-state index in [9.17, 15) is 0 Å². The van der Waals surface area contributed by atoms with Gasteiger partial charge in [-0.15, -0.1) is 0 Å². The summed E-state index contributed by atoms with van der Waals surface area (Å²) in [4.78, 5) is 0. The van der Waals surface area contributed by atoms with Gasteiger partial charge in [-0.2, -0.15) is 5.10 Å².